The molecule has 0 amide bonds. The van der Waals surface area contributed by atoms with Crippen LogP contribution in [0.4, 0.5) is 0 Å². The molecule has 0 saturated carbocycles. The van der Waals surface area contributed by atoms with Gasteiger partial charge in [-0.2, -0.15) is 0 Å². The van der Waals surface area contributed by atoms with E-state index in [9.17, 15) is 4.79 Å². The first-order valence-corrected chi connectivity index (χ1v) is 15.9. The number of pyridine rings is 1. The molecule has 7 nitrogen and oxygen atoms in total. The molecule has 4 rings (SSSR count). The van der Waals surface area contributed by atoms with Crippen molar-refractivity contribution in [2.75, 3.05) is 19.8 Å². The maximum Gasteiger partial charge on any atom is 0.329 e. The predicted molar refractivity (Wildman–Crippen MR) is 175 cm³/mol. The number of aromatic nitrogens is 3. The molecule has 0 radical (unpaired) electrons. The van der Waals surface area contributed by atoms with Crippen LogP contribution < -0.4 is 5.69 Å². The minimum absolute atomic E-state index is 0.0231. The molecule has 1 aromatic carbocycles. The number of hydrogen-bond acceptors (Lipinski definition) is 5. The van der Waals surface area contributed by atoms with E-state index in [4.69, 9.17) is 9.47 Å². The Morgan fingerprint density at radius 3 is 2.69 bits per heavy atom. The van der Waals surface area contributed by atoms with E-state index in [-0.39, 0.29) is 11.7 Å². The molecule has 0 N–H and O–H groups in total. The number of aryl methyl sites for hydroxylation is 1. The highest BCUT2D eigenvalue weighted by Crippen LogP contribution is 2.30. The Balaban J connectivity index is 1.45. The summed E-state index contributed by atoms with van der Waals surface area (Å²) in [6, 6.07) is 6.26. The van der Waals surface area contributed by atoms with Crippen molar-refractivity contribution in [1.29, 1.82) is 0 Å². The van der Waals surface area contributed by atoms with Crippen molar-refractivity contribution in [3.8, 4) is 0 Å². The zero-order valence-electron chi connectivity index (χ0n) is 26.4. The molecule has 0 aliphatic carbocycles. The lowest BCUT2D eigenvalue weighted by Crippen LogP contribution is -2.31. The Morgan fingerprint density at radius 1 is 1.19 bits per heavy atom. The number of fused-ring (bicyclic) bond motifs is 3. The molecule has 3 atom stereocenters. The van der Waals surface area contributed by atoms with Crippen molar-refractivity contribution < 1.29 is 9.47 Å². The number of rotatable bonds is 15. The summed E-state index contributed by atoms with van der Waals surface area (Å²) in [6.45, 7) is 14.8. The Kier molecular flexibility index (Phi) is 11.6. The Morgan fingerprint density at radius 2 is 1.98 bits per heavy atom. The number of allylic oxidation sites excluding steroid dienone is 3. The third-order valence-corrected chi connectivity index (χ3v) is 9.04. The number of ether oxygens (including phenoxy) is 2. The van der Waals surface area contributed by atoms with Crippen LogP contribution in [0.5, 0.6) is 0 Å². The lowest BCUT2D eigenvalue weighted by atomic mass is 9.87. The van der Waals surface area contributed by atoms with E-state index in [1.165, 1.54) is 32.1 Å². The topological polar surface area (TPSA) is 70.6 Å². The summed E-state index contributed by atoms with van der Waals surface area (Å²) < 4.78 is 15.3. The van der Waals surface area contributed by atoms with Gasteiger partial charge in [0.1, 0.15) is 0 Å². The van der Waals surface area contributed by atoms with Crippen LogP contribution in [0.25, 0.3) is 27.5 Å². The molecule has 3 aromatic rings. The number of benzene rings is 1. The standard InChI is InChI=1S/C35H50N4O3/c1-7-8-9-10-13-25(2)26(3)14-11-21-42-33(36-5)19-16-27(4)28-17-18-31-30(22-28)34-32(23-37-31)38(6)35(40)39(34)29-15-12-20-41-24-29/h16-19,22-23,25-26,29H,5,7-15,20-21,24H2,1-4,6H3. The molecule has 2 aromatic heterocycles. The van der Waals surface area contributed by atoms with Crippen LogP contribution in [0.1, 0.15) is 97.1 Å². The number of nitrogens with zero attached hydrogens (tertiary/aromatic N) is 4. The van der Waals surface area contributed by atoms with Crippen molar-refractivity contribution in [1.82, 2.24) is 14.1 Å². The molecule has 7 heteroatoms. The average molecular weight is 575 g/mol. The number of hydrogen-bond donors (Lipinski definition) is 0. The molecule has 3 heterocycles. The smallest absolute Gasteiger partial charge is 0.329 e. The van der Waals surface area contributed by atoms with Gasteiger partial charge in [-0.05, 0) is 74.4 Å². The Hall–Kier alpha value is -3.19. The summed E-state index contributed by atoms with van der Waals surface area (Å²) in [5.41, 5.74) is 4.73. The van der Waals surface area contributed by atoms with Gasteiger partial charge in [0, 0.05) is 25.1 Å². The SMILES string of the molecule is C=NC(=CC=C(C)c1ccc2ncc3c(c2c1)n(C1CCCOC1)c(=O)n3C)OCCCC(C)C(C)CCCCCC. The van der Waals surface area contributed by atoms with Gasteiger partial charge in [-0.3, -0.25) is 14.1 Å². The zero-order valence-corrected chi connectivity index (χ0v) is 26.4. The van der Waals surface area contributed by atoms with E-state index in [1.54, 1.807) is 10.8 Å². The van der Waals surface area contributed by atoms with Crippen LogP contribution in [0.15, 0.2) is 52.2 Å². The molecular formula is C35H50N4O3. The lowest BCUT2D eigenvalue weighted by Gasteiger charge is -2.23. The zero-order chi connectivity index (χ0) is 30.1. The first kappa shape index (κ1) is 31.7. The first-order valence-electron chi connectivity index (χ1n) is 15.9. The van der Waals surface area contributed by atoms with Crippen molar-refractivity contribution >= 4 is 34.2 Å². The summed E-state index contributed by atoms with van der Waals surface area (Å²) in [6.07, 6.45) is 16.4. The van der Waals surface area contributed by atoms with Crippen molar-refractivity contribution in [2.45, 2.75) is 91.5 Å². The van der Waals surface area contributed by atoms with Gasteiger partial charge in [0.25, 0.3) is 0 Å². The average Bonchev–Trinajstić information content (AvgIpc) is 3.28. The van der Waals surface area contributed by atoms with Crippen LogP contribution in [-0.2, 0) is 16.5 Å². The number of aliphatic imine (C=N–C) groups is 1. The van der Waals surface area contributed by atoms with E-state index in [0.29, 0.717) is 25.0 Å². The van der Waals surface area contributed by atoms with Gasteiger partial charge in [-0.25, -0.2) is 9.79 Å². The minimum Gasteiger partial charge on any atom is -0.478 e. The summed E-state index contributed by atoms with van der Waals surface area (Å²) in [5, 5.41) is 0.969. The van der Waals surface area contributed by atoms with E-state index >= 15 is 0 Å². The molecular weight excluding hydrogens is 524 g/mol. The molecule has 1 aliphatic heterocycles. The van der Waals surface area contributed by atoms with Crippen LogP contribution in [0.2, 0.25) is 0 Å². The van der Waals surface area contributed by atoms with Crippen molar-refractivity contribution in [3.63, 3.8) is 0 Å². The molecule has 228 valence electrons. The fourth-order valence-electron chi connectivity index (χ4n) is 6.02. The van der Waals surface area contributed by atoms with Gasteiger partial charge < -0.3 is 9.47 Å². The number of unbranched alkanes of at least 4 members (excludes halogenated alkanes) is 3. The second-order valence-corrected chi connectivity index (χ2v) is 12.1. The normalized spacial score (nSPS) is 18.0. The van der Waals surface area contributed by atoms with Crippen molar-refractivity contribution in [3.05, 3.63) is 58.5 Å². The maximum atomic E-state index is 13.3. The molecule has 42 heavy (non-hydrogen) atoms. The Labute approximate surface area is 251 Å². The molecule has 0 spiro atoms. The largest absolute Gasteiger partial charge is 0.478 e. The highest BCUT2D eigenvalue weighted by molar-refractivity contribution is 6.03. The molecule has 1 aliphatic rings. The summed E-state index contributed by atoms with van der Waals surface area (Å²) in [5.74, 6) is 1.98. The van der Waals surface area contributed by atoms with Gasteiger partial charge in [0.15, 0.2) is 0 Å². The highest BCUT2D eigenvalue weighted by atomic mass is 16.5. The second kappa shape index (κ2) is 15.3. The van der Waals surface area contributed by atoms with Gasteiger partial charge in [-0.15, -0.1) is 0 Å². The molecule has 1 saturated heterocycles. The third kappa shape index (κ3) is 7.60. The number of imidazole rings is 1. The van der Waals surface area contributed by atoms with Crippen LogP contribution >= 0.6 is 0 Å². The lowest BCUT2D eigenvalue weighted by molar-refractivity contribution is 0.0593. The Bertz CT molecular complexity index is 1460. The van der Waals surface area contributed by atoms with Gasteiger partial charge in [0.05, 0.1) is 42.0 Å². The minimum atomic E-state index is -0.0231. The van der Waals surface area contributed by atoms with E-state index in [2.05, 4.69) is 56.5 Å². The maximum absolute atomic E-state index is 13.3. The fourth-order valence-corrected chi connectivity index (χ4v) is 6.02. The van der Waals surface area contributed by atoms with Crippen LogP contribution in [0, 0.1) is 11.8 Å². The van der Waals surface area contributed by atoms with E-state index < -0.39 is 0 Å². The molecule has 3 unspecified atom stereocenters. The van der Waals surface area contributed by atoms with E-state index in [0.717, 1.165) is 71.3 Å². The highest BCUT2D eigenvalue weighted by Gasteiger charge is 2.23. The van der Waals surface area contributed by atoms with E-state index in [1.807, 2.05) is 29.8 Å². The molecule has 0 bridgehead atoms. The first-order chi connectivity index (χ1) is 20.3. The summed E-state index contributed by atoms with van der Waals surface area (Å²) in [7, 11) is 1.82. The van der Waals surface area contributed by atoms with Crippen LogP contribution in [-0.4, -0.2) is 40.7 Å². The van der Waals surface area contributed by atoms with Crippen LogP contribution in [0.3, 0.4) is 0 Å². The monoisotopic (exact) mass is 574 g/mol. The predicted octanol–water partition coefficient (Wildman–Crippen LogP) is 8.22. The summed E-state index contributed by atoms with van der Waals surface area (Å²) in [4.78, 5) is 22.1. The molecule has 1 fully saturated rings. The summed E-state index contributed by atoms with van der Waals surface area (Å²) >= 11 is 0. The van der Waals surface area contributed by atoms with Gasteiger partial charge in [-0.1, -0.05) is 65.0 Å². The third-order valence-electron chi connectivity index (χ3n) is 9.04. The van der Waals surface area contributed by atoms with Crippen molar-refractivity contribution in [2.24, 2.45) is 23.9 Å². The quantitative estimate of drug-likeness (QED) is 0.0793. The van der Waals surface area contributed by atoms with Gasteiger partial charge in [0.2, 0.25) is 5.88 Å². The van der Waals surface area contributed by atoms with Gasteiger partial charge >= 0.3 is 5.69 Å². The second-order valence-electron chi connectivity index (χ2n) is 12.1. The fraction of sp³-hybridized carbons (Fsp3) is 0.571.